The number of hydrogen-bond acceptors (Lipinski definition) is 1. The highest BCUT2D eigenvalue weighted by molar-refractivity contribution is 5.17. The third kappa shape index (κ3) is 5.83. The normalized spacial score (nSPS) is 13.0. The van der Waals surface area contributed by atoms with Gasteiger partial charge in [0.05, 0.1) is 0 Å². The highest BCUT2D eigenvalue weighted by Gasteiger charge is 2.07. The molecule has 2 heteroatoms. The molecule has 1 unspecified atom stereocenters. The zero-order chi connectivity index (χ0) is 12.7. The molecule has 0 aliphatic heterocycles. The molecule has 96 valence electrons. The van der Waals surface area contributed by atoms with E-state index in [1.165, 1.54) is 0 Å². The van der Waals surface area contributed by atoms with Crippen molar-refractivity contribution in [2.75, 3.05) is 13.1 Å². The monoisotopic (exact) mass is 237 g/mol. The first-order chi connectivity index (χ1) is 8.09. The molecule has 1 aromatic carbocycles. The molecule has 0 bridgehead atoms. The molecule has 0 amide bonds. The minimum Gasteiger partial charge on any atom is -0.316 e. The Balaban J connectivity index is 2.25. The summed E-state index contributed by atoms with van der Waals surface area (Å²) in [6.07, 6.45) is 1.93. The lowest BCUT2D eigenvalue weighted by Crippen LogP contribution is -2.22. The number of nitrogens with one attached hydrogen (secondary N) is 1. The lowest BCUT2D eigenvalue weighted by atomic mass is 9.98. The van der Waals surface area contributed by atoms with Crippen LogP contribution in [0.5, 0.6) is 0 Å². The predicted octanol–water partition coefficient (Wildman–Crippen LogP) is 3.64. The molecule has 0 aromatic heterocycles. The number of benzene rings is 1. The van der Waals surface area contributed by atoms with Crippen LogP contribution in [0.4, 0.5) is 4.39 Å². The van der Waals surface area contributed by atoms with Crippen LogP contribution in [0.15, 0.2) is 24.3 Å². The minimum absolute atomic E-state index is 0.0745. The van der Waals surface area contributed by atoms with E-state index in [4.69, 9.17) is 0 Å². The molecule has 1 nitrogen and oxygen atoms in total. The molecule has 1 rings (SSSR count). The zero-order valence-electron chi connectivity index (χ0n) is 11.2. The average molecular weight is 237 g/mol. The van der Waals surface area contributed by atoms with Crippen LogP contribution in [0.25, 0.3) is 0 Å². The number of hydrogen-bond donors (Lipinski definition) is 1. The number of halogens is 1. The summed E-state index contributed by atoms with van der Waals surface area (Å²) >= 11 is 0. The summed E-state index contributed by atoms with van der Waals surface area (Å²) in [4.78, 5) is 0. The molecule has 0 aliphatic rings. The van der Waals surface area contributed by atoms with E-state index < -0.39 is 0 Å². The van der Waals surface area contributed by atoms with Gasteiger partial charge in [0.1, 0.15) is 5.82 Å². The summed E-state index contributed by atoms with van der Waals surface area (Å²) in [5.74, 6) is 1.14. The van der Waals surface area contributed by atoms with Crippen molar-refractivity contribution >= 4 is 0 Å². The molecule has 0 fully saturated rings. The Labute approximate surface area is 104 Å². The van der Waals surface area contributed by atoms with E-state index in [-0.39, 0.29) is 5.82 Å². The molecule has 0 saturated carbocycles. The summed E-state index contributed by atoms with van der Waals surface area (Å²) in [5.41, 5.74) is 0.837. The molecule has 1 N–H and O–H groups in total. The first kappa shape index (κ1) is 14.2. The Morgan fingerprint density at radius 3 is 2.53 bits per heavy atom. The van der Waals surface area contributed by atoms with Gasteiger partial charge in [0, 0.05) is 0 Å². The maximum atomic E-state index is 13.4. The van der Waals surface area contributed by atoms with Gasteiger partial charge < -0.3 is 5.32 Å². The van der Waals surface area contributed by atoms with Crippen molar-refractivity contribution < 1.29 is 4.39 Å². The maximum absolute atomic E-state index is 13.4. The van der Waals surface area contributed by atoms with Crippen molar-refractivity contribution in [3.63, 3.8) is 0 Å². The van der Waals surface area contributed by atoms with Gasteiger partial charge in [-0.25, -0.2) is 4.39 Å². The van der Waals surface area contributed by atoms with Crippen molar-refractivity contribution in [1.29, 1.82) is 0 Å². The lowest BCUT2D eigenvalue weighted by molar-refractivity contribution is 0.467. The van der Waals surface area contributed by atoms with Crippen LogP contribution in [-0.2, 0) is 6.42 Å². The Kier molecular flexibility index (Phi) is 6.20. The second-order valence-electron chi connectivity index (χ2n) is 5.29. The average Bonchev–Trinajstić information content (AvgIpc) is 2.27. The minimum atomic E-state index is -0.0745. The summed E-state index contributed by atoms with van der Waals surface area (Å²) in [6, 6.07) is 7.07. The van der Waals surface area contributed by atoms with Gasteiger partial charge in [0.25, 0.3) is 0 Å². The van der Waals surface area contributed by atoms with Crippen LogP contribution in [-0.4, -0.2) is 13.1 Å². The van der Waals surface area contributed by atoms with Crippen LogP contribution >= 0.6 is 0 Å². The molecule has 17 heavy (non-hydrogen) atoms. The highest BCUT2D eigenvalue weighted by Crippen LogP contribution is 2.14. The van der Waals surface area contributed by atoms with Gasteiger partial charge in [0.2, 0.25) is 0 Å². The predicted molar refractivity (Wildman–Crippen MR) is 71.6 cm³/mol. The Morgan fingerprint density at radius 1 is 1.18 bits per heavy atom. The van der Waals surface area contributed by atoms with Gasteiger partial charge in [-0.1, -0.05) is 39.0 Å². The standard InChI is InChI=1S/C15H24FN/c1-12(2)11-17-9-8-13(3)10-14-6-4-5-7-15(14)16/h4-7,12-13,17H,8-11H2,1-3H3. The van der Waals surface area contributed by atoms with Crippen LogP contribution in [0.2, 0.25) is 0 Å². The summed E-state index contributed by atoms with van der Waals surface area (Å²) in [6.45, 7) is 8.68. The fourth-order valence-corrected chi connectivity index (χ4v) is 1.88. The molecular formula is C15H24FN. The first-order valence-corrected chi connectivity index (χ1v) is 6.53. The van der Waals surface area contributed by atoms with E-state index >= 15 is 0 Å². The maximum Gasteiger partial charge on any atom is 0.126 e. The van der Waals surface area contributed by atoms with Crippen molar-refractivity contribution in [2.45, 2.75) is 33.6 Å². The van der Waals surface area contributed by atoms with Crippen LogP contribution in [0.1, 0.15) is 32.8 Å². The molecule has 0 radical (unpaired) electrons. The summed E-state index contributed by atoms with van der Waals surface area (Å²) in [7, 11) is 0. The van der Waals surface area contributed by atoms with Crippen molar-refractivity contribution in [2.24, 2.45) is 11.8 Å². The van der Waals surface area contributed by atoms with Crippen molar-refractivity contribution in [3.8, 4) is 0 Å². The third-order valence-corrected chi connectivity index (χ3v) is 2.89. The molecule has 0 heterocycles. The van der Waals surface area contributed by atoms with Crippen molar-refractivity contribution in [1.82, 2.24) is 5.32 Å². The molecule has 1 aromatic rings. The second kappa shape index (κ2) is 7.44. The Morgan fingerprint density at radius 2 is 1.88 bits per heavy atom. The molecule has 0 aliphatic carbocycles. The lowest BCUT2D eigenvalue weighted by Gasteiger charge is -2.13. The smallest absolute Gasteiger partial charge is 0.126 e. The van der Waals surface area contributed by atoms with E-state index in [9.17, 15) is 4.39 Å². The van der Waals surface area contributed by atoms with Crippen LogP contribution < -0.4 is 5.32 Å². The van der Waals surface area contributed by atoms with Gasteiger partial charge in [-0.3, -0.25) is 0 Å². The van der Waals surface area contributed by atoms with Gasteiger partial charge in [0.15, 0.2) is 0 Å². The SMILES string of the molecule is CC(C)CNCCC(C)Cc1ccccc1F. The van der Waals surface area contributed by atoms with E-state index in [2.05, 4.69) is 26.1 Å². The van der Waals surface area contributed by atoms with Crippen LogP contribution in [0, 0.1) is 17.7 Å². The largest absolute Gasteiger partial charge is 0.316 e. The Bertz CT molecular complexity index is 322. The molecular weight excluding hydrogens is 213 g/mol. The van der Waals surface area contributed by atoms with E-state index in [1.54, 1.807) is 12.1 Å². The van der Waals surface area contributed by atoms with E-state index in [0.29, 0.717) is 11.8 Å². The van der Waals surface area contributed by atoms with Crippen LogP contribution in [0.3, 0.4) is 0 Å². The van der Waals surface area contributed by atoms with E-state index in [1.807, 2.05) is 12.1 Å². The van der Waals surface area contributed by atoms with E-state index in [0.717, 1.165) is 31.5 Å². The zero-order valence-corrected chi connectivity index (χ0v) is 11.2. The molecule has 1 atom stereocenters. The molecule has 0 saturated heterocycles. The van der Waals surface area contributed by atoms with Gasteiger partial charge in [-0.15, -0.1) is 0 Å². The number of rotatable bonds is 7. The van der Waals surface area contributed by atoms with Gasteiger partial charge in [-0.2, -0.15) is 0 Å². The highest BCUT2D eigenvalue weighted by atomic mass is 19.1. The fourth-order valence-electron chi connectivity index (χ4n) is 1.88. The second-order valence-corrected chi connectivity index (χ2v) is 5.29. The Hall–Kier alpha value is -0.890. The molecule has 0 spiro atoms. The van der Waals surface area contributed by atoms with Crippen molar-refractivity contribution in [3.05, 3.63) is 35.6 Å². The van der Waals surface area contributed by atoms with Gasteiger partial charge >= 0.3 is 0 Å². The summed E-state index contributed by atoms with van der Waals surface area (Å²) < 4.78 is 13.4. The first-order valence-electron chi connectivity index (χ1n) is 6.53. The fraction of sp³-hybridized carbons (Fsp3) is 0.600. The summed E-state index contributed by atoms with van der Waals surface area (Å²) in [5, 5.41) is 3.42. The third-order valence-electron chi connectivity index (χ3n) is 2.89. The topological polar surface area (TPSA) is 12.0 Å². The van der Waals surface area contributed by atoms with Gasteiger partial charge in [-0.05, 0) is 49.4 Å². The quantitative estimate of drug-likeness (QED) is 0.714.